The van der Waals surface area contributed by atoms with E-state index < -0.39 is 0 Å². The second-order valence-corrected chi connectivity index (χ2v) is 4.85. The van der Waals surface area contributed by atoms with Gasteiger partial charge in [0, 0.05) is 0 Å². The van der Waals surface area contributed by atoms with E-state index in [0.29, 0.717) is 5.41 Å². The van der Waals surface area contributed by atoms with Crippen LogP contribution in [0.2, 0.25) is 0 Å². The first kappa shape index (κ1) is 10.0. The van der Waals surface area contributed by atoms with Gasteiger partial charge in [0.05, 0.1) is 6.10 Å². The Morgan fingerprint density at radius 2 is 1.67 bits per heavy atom. The lowest BCUT2D eigenvalue weighted by Gasteiger charge is -2.37. The molecule has 1 N–H and O–H groups in total. The van der Waals surface area contributed by atoms with Crippen LogP contribution >= 0.6 is 0 Å². The van der Waals surface area contributed by atoms with Crippen molar-refractivity contribution in [3.63, 3.8) is 0 Å². The van der Waals surface area contributed by atoms with Crippen LogP contribution in [0.25, 0.3) is 0 Å². The Kier molecular flexibility index (Phi) is 3.16. The number of hydrogen-bond donors (Lipinski definition) is 1. The van der Waals surface area contributed by atoms with Gasteiger partial charge >= 0.3 is 0 Å². The van der Waals surface area contributed by atoms with E-state index in [9.17, 15) is 5.11 Å². The van der Waals surface area contributed by atoms with Crippen LogP contribution in [0.15, 0.2) is 0 Å². The van der Waals surface area contributed by atoms with Gasteiger partial charge in [0.15, 0.2) is 0 Å². The predicted octanol–water partition coefficient (Wildman–Crippen LogP) is 2.97. The van der Waals surface area contributed by atoms with Gasteiger partial charge in [-0.1, -0.05) is 27.2 Å². The Balaban J connectivity index is 2.44. The van der Waals surface area contributed by atoms with Crippen LogP contribution < -0.4 is 0 Å². The molecular weight excluding hydrogens is 148 g/mol. The van der Waals surface area contributed by atoms with Crippen LogP contribution in [-0.4, -0.2) is 11.2 Å². The van der Waals surface area contributed by atoms with Crippen molar-refractivity contribution < 1.29 is 5.11 Å². The van der Waals surface area contributed by atoms with Gasteiger partial charge in [-0.2, -0.15) is 0 Å². The van der Waals surface area contributed by atoms with Gasteiger partial charge in [0.25, 0.3) is 0 Å². The molecule has 1 fully saturated rings. The third-order valence-corrected chi connectivity index (χ3v) is 3.71. The molecule has 0 aromatic heterocycles. The number of aliphatic hydroxyl groups excluding tert-OH is 1. The van der Waals surface area contributed by atoms with Gasteiger partial charge in [-0.25, -0.2) is 0 Å². The predicted molar refractivity (Wildman–Crippen MR) is 52.0 cm³/mol. The molecule has 0 atom stereocenters. The number of hydrogen-bond acceptors (Lipinski definition) is 1. The summed E-state index contributed by atoms with van der Waals surface area (Å²) in [7, 11) is 0. The van der Waals surface area contributed by atoms with Crippen LogP contribution in [0.1, 0.15) is 52.9 Å². The molecule has 0 bridgehead atoms. The lowest BCUT2D eigenvalue weighted by atomic mass is 9.69. The van der Waals surface area contributed by atoms with Crippen molar-refractivity contribution in [2.45, 2.75) is 59.0 Å². The highest BCUT2D eigenvalue weighted by atomic mass is 16.3. The number of aliphatic hydroxyl groups is 1. The molecule has 0 heterocycles. The third-order valence-electron chi connectivity index (χ3n) is 3.71. The Labute approximate surface area is 76.2 Å². The molecule has 1 heteroatoms. The van der Waals surface area contributed by atoms with Gasteiger partial charge in [-0.15, -0.1) is 0 Å². The van der Waals surface area contributed by atoms with E-state index in [1.54, 1.807) is 0 Å². The molecule has 0 aromatic rings. The fourth-order valence-electron chi connectivity index (χ4n) is 2.15. The Morgan fingerprint density at radius 1 is 1.17 bits per heavy atom. The molecule has 1 saturated carbocycles. The van der Waals surface area contributed by atoms with Gasteiger partial charge in [0.1, 0.15) is 0 Å². The second-order valence-electron chi connectivity index (χ2n) is 4.85. The minimum Gasteiger partial charge on any atom is -0.393 e. The summed E-state index contributed by atoms with van der Waals surface area (Å²) in [5, 5.41) is 9.37. The zero-order chi connectivity index (χ0) is 9.19. The van der Waals surface area contributed by atoms with Crippen molar-refractivity contribution in [1.82, 2.24) is 0 Å². The van der Waals surface area contributed by atoms with Crippen LogP contribution in [-0.2, 0) is 0 Å². The Morgan fingerprint density at radius 3 is 2.08 bits per heavy atom. The first-order chi connectivity index (χ1) is 5.56. The van der Waals surface area contributed by atoms with E-state index in [0.717, 1.165) is 18.8 Å². The van der Waals surface area contributed by atoms with E-state index in [1.165, 1.54) is 19.3 Å². The molecule has 1 nitrogen and oxygen atoms in total. The molecule has 1 aliphatic carbocycles. The second kappa shape index (κ2) is 3.78. The van der Waals surface area contributed by atoms with Gasteiger partial charge in [-0.3, -0.25) is 0 Å². The molecule has 0 spiro atoms. The normalized spacial score (nSPS) is 32.0. The zero-order valence-electron chi connectivity index (χ0n) is 8.64. The topological polar surface area (TPSA) is 20.2 Å². The smallest absolute Gasteiger partial charge is 0.0540 e. The Bertz CT molecular complexity index is 132. The summed E-state index contributed by atoms with van der Waals surface area (Å²) in [5.41, 5.74) is 0.486. The molecule has 1 aliphatic rings. The zero-order valence-corrected chi connectivity index (χ0v) is 8.64. The van der Waals surface area contributed by atoms with Crippen molar-refractivity contribution in [2.75, 3.05) is 0 Å². The van der Waals surface area contributed by atoms with Crippen molar-refractivity contribution in [3.05, 3.63) is 0 Å². The first-order valence-electron chi connectivity index (χ1n) is 5.24. The summed E-state index contributed by atoms with van der Waals surface area (Å²) in [5.74, 6) is 0.839. The largest absolute Gasteiger partial charge is 0.393 e. The third kappa shape index (κ3) is 2.22. The Hall–Kier alpha value is -0.0400. The SMILES string of the molecule is CCC(C)(C)[C@H]1CC[C@H](O)CC1. The first-order valence-corrected chi connectivity index (χ1v) is 5.24. The van der Waals surface area contributed by atoms with Crippen molar-refractivity contribution >= 4 is 0 Å². The highest BCUT2D eigenvalue weighted by Gasteiger charge is 2.30. The maximum absolute atomic E-state index is 9.37. The van der Waals surface area contributed by atoms with Crippen LogP contribution in [0.5, 0.6) is 0 Å². The maximum atomic E-state index is 9.37. The number of rotatable bonds is 2. The molecule has 0 radical (unpaired) electrons. The van der Waals surface area contributed by atoms with Crippen molar-refractivity contribution in [3.8, 4) is 0 Å². The van der Waals surface area contributed by atoms with Crippen LogP contribution in [0.4, 0.5) is 0 Å². The molecule has 0 saturated heterocycles. The van der Waals surface area contributed by atoms with Crippen molar-refractivity contribution in [2.24, 2.45) is 11.3 Å². The van der Waals surface area contributed by atoms with Gasteiger partial charge in [0.2, 0.25) is 0 Å². The molecule has 0 aromatic carbocycles. The molecule has 0 amide bonds. The molecule has 1 rings (SSSR count). The molecular formula is C11H22O. The van der Waals surface area contributed by atoms with E-state index in [-0.39, 0.29) is 6.10 Å². The highest BCUT2D eigenvalue weighted by molar-refractivity contribution is 4.82. The average Bonchev–Trinajstić information content (AvgIpc) is 2.05. The lowest BCUT2D eigenvalue weighted by Crippen LogP contribution is -2.29. The summed E-state index contributed by atoms with van der Waals surface area (Å²) < 4.78 is 0. The lowest BCUT2D eigenvalue weighted by molar-refractivity contribution is 0.0639. The average molecular weight is 170 g/mol. The summed E-state index contributed by atoms with van der Waals surface area (Å²) in [6, 6.07) is 0. The van der Waals surface area contributed by atoms with E-state index in [1.807, 2.05) is 0 Å². The summed E-state index contributed by atoms with van der Waals surface area (Å²) in [6.45, 7) is 6.98. The van der Waals surface area contributed by atoms with Crippen LogP contribution in [0, 0.1) is 11.3 Å². The molecule has 72 valence electrons. The molecule has 12 heavy (non-hydrogen) atoms. The minimum absolute atomic E-state index is 0.00564. The quantitative estimate of drug-likeness (QED) is 0.675. The van der Waals surface area contributed by atoms with Gasteiger partial charge < -0.3 is 5.11 Å². The van der Waals surface area contributed by atoms with Gasteiger partial charge in [-0.05, 0) is 37.0 Å². The van der Waals surface area contributed by atoms with Crippen molar-refractivity contribution in [1.29, 1.82) is 0 Å². The monoisotopic (exact) mass is 170 g/mol. The fraction of sp³-hybridized carbons (Fsp3) is 1.00. The fourth-order valence-corrected chi connectivity index (χ4v) is 2.15. The highest BCUT2D eigenvalue weighted by Crippen LogP contribution is 2.40. The minimum atomic E-state index is -0.00564. The molecule has 0 unspecified atom stereocenters. The van der Waals surface area contributed by atoms with E-state index >= 15 is 0 Å². The maximum Gasteiger partial charge on any atom is 0.0540 e. The van der Waals surface area contributed by atoms with Crippen LogP contribution in [0.3, 0.4) is 0 Å². The molecule has 0 aliphatic heterocycles. The van der Waals surface area contributed by atoms with E-state index in [4.69, 9.17) is 0 Å². The standard InChI is InChI=1S/C11H22O/c1-4-11(2,3)9-5-7-10(12)8-6-9/h9-10,12H,4-8H2,1-3H3/t9-,10-. The van der Waals surface area contributed by atoms with E-state index in [2.05, 4.69) is 20.8 Å². The summed E-state index contributed by atoms with van der Waals surface area (Å²) in [6.07, 6.45) is 5.74. The summed E-state index contributed by atoms with van der Waals surface area (Å²) in [4.78, 5) is 0. The summed E-state index contributed by atoms with van der Waals surface area (Å²) >= 11 is 0.